The standard InChI is InChI=1S/C11H18F3N5O/c1-3-4-7(6-20-2)16-8-5-9(19-15)18-10(17-8)11(12,13)14/h5,7H,3-4,6,15H2,1-2H3,(H2,16,17,18,19). The SMILES string of the molecule is CCCC(COC)Nc1cc(NN)nc(C(F)(F)F)n1. The summed E-state index contributed by atoms with van der Waals surface area (Å²) in [7, 11) is 1.53. The molecular formula is C11H18F3N5O. The lowest BCUT2D eigenvalue weighted by Crippen LogP contribution is -2.26. The van der Waals surface area contributed by atoms with Crippen LogP contribution >= 0.6 is 0 Å². The number of nitrogens with two attached hydrogens (primary N) is 1. The van der Waals surface area contributed by atoms with E-state index in [0.29, 0.717) is 6.61 Å². The van der Waals surface area contributed by atoms with Crippen LogP contribution in [0.2, 0.25) is 0 Å². The van der Waals surface area contributed by atoms with E-state index in [1.54, 1.807) is 0 Å². The van der Waals surface area contributed by atoms with Gasteiger partial charge in [-0.2, -0.15) is 13.2 Å². The zero-order valence-electron chi connectivity index (χ0n) is 11.3. The summed E-state index contributed by atoms with van der Waals surface area (Å²) in [4.78, 5) is 6.74. The maximum atomic E-state index is 12.7. The van der Waals surface area contributed by atoms with Crippen molar-refractivity contribution >= 4 is 11.6 Å². The molecule has 9 heteroatoms. The molecule has 1 aromatic heterocycles. The molecule has 6 nitrogen and oxygen atoms in total. The van der Waals surface area contributed by atoms with E-state index in [2.05, 4.69) is 20.7 Å². The Hall–Kier alpha value is -1.61. The van der Waals surface area contributed by atoms with Gasteiger partial charge in [0.15, 0.2) is 0 Å². The molecule has 0 aromatic carbocycles. The number of ether oxygens (including phenoxy) is 1. The second-order valence-corrected chi connectivity index (χ2v) is 4.19. The Kier molecular flexibility index (Phi) is 5.96. The van der Waals surface area contributed by atoms with Gasteiger partial charge in [0, 0.05) is 13.2 Å². The van der Waals surface area contributed by atoms with E-state index in [1.165, 1.54) is 13.2 Å². The first kappa shape index (κ1) is 16.4. The third kappa shape index (κ3) is 4.82. The number of nitrogens with one attached hydrogen (secondary N) is 2. The molecule has 0 fully saturated rings. The van der Waals surface area contributed by atoms with Crippen LogP contribution in [0.5, 0.6) is 0 Å². The average Bonchev–Trinajstić information content (AvgIpc) is 2.38. The van der Waals surface area contributed by atoms with Crippen LogP contribution in [0.1, 0.15) is 25.6 Å². The number of hydrogen-bond acceptors (Lipinski definition) is 6. The minimum atomic E-state index is -4.63. The molecule has 1 aromatic rings. The highest BCUT2D eigenvalue weighted by atomic mass is 19.4. The van der Waals surface area contributed by atoms with Gasteiger partial charge in [-0.05, 0) is 6.42 Å². The predicted octanol–water partition coefficient (Wildman–Crippen LogP) is 2.01. The summed E-state index contributed by atoms with van der Waals surface area (Å²) < 4.78 is 43.0. The van der Waals surface area contributed by atoms with Crippen molar-refractivity contribution in [3.05, 3.63) is 11.9 Å². The summed E-state index contributed by atoms with van der Waals surface area (Å²) in [5.41, 5.74) is 2.09. The number of anilines is 2. The average molecular weight is 293 g/mol. The summed E-state index contributed by atoms with van der Waals surface area (Å²) in [5, 5.41) is 2.90. The molecule has 0 aliphatic carbocycles. The van der Waals surface area contributed by atoms with Gasteiger partial charge in [-0.25, -0.2) is 15.8 Å². The number of alkyl halides is 3. The first-order valence-corrected chi connectivity index (χ1v) is 6.09. The van der Waals surface area contributed by atoms with E-state index < -0.39 is 12.0 Å². The minimum Gasteiger partial charge on any atom is -0.383 e. The molecule has 0 saturated carbocycles. The molecule has 1 heterocycles. The van der Waals surface area contributed by atoms with Crippen LogP contribution < -0.4 is 16.6 Å². The zero-order valence-corrected chi connectivity index (χ0v) is 11.3. The Morgan fingerprint density at radius 3 is 2.50 bits per heavy atom. The van der Waals surface area contributed by atoms with Crippen LogP contribution in [0, 0.1) is 0 Å². The van der Waals surface area contributed by atoms with Gasteiger partial charge >= 0.3 is 6.18 Å². The van der Waals surface area contributed by atoms with Crippen LogP contribution in [0.3, 0.4) is 0 Å². The van der Waals surface area contributed by atoms with Gasteiger partial charge in [0.2, 0.25) is 5.82 Å². The Bertz CT molecular complexity index is 421. The van der Waals surface area contributed by atoms with Crippen LogP contribution in [0.25, 0.3) is 0 Å². The number of aromatic nitrogens is 2. The number of methoxy groups -OCH3 is 1. The molecule has 4 N–H and O–H groups in total. The highest BCUT2D eigenvalue weighted by Crippen LogP contribution is 2.28. The summed E-state index contributed by atoms with van der Waals surface area (Å²) in [6, 6.07) is 1.18. The lowest BCUT2D eigenvalue weighted by molar-refractivity contribution is -0.144. The van der Waals surface area contributed by atoms with Crippen molar-refractivity contribution in [3.63, 3.8) is 0 Å². The largest absolute Gasteiger partial charge is 0.451 e. The molecule has 0 aliphatic rings. The first-order chi connectivity index (χ1) is 9.40. The zero-order chi connectivity index (χ0) is 15.2. The van der Waals surface area contributed by atoms with Crippen molar-refractivity contribution < 1.29 is 17.9 Å². The Morgan fingerprint density at radius 2 is 2.00 bits per heavy atom. The van der Waals surface area contributed by atoms with Crippen LogP contribution in [0.4, 0.5) is 24.8 Å². The molecule has 114 valence electrons. The van der Waals surface area contributed by atoms with Crippen molar-refractivity contribution in [2.75, 3.05) is 24.5 Å². The molecule has 1 atom stereocenters. The van der Waals surface area contributed by atoms with Crippen LogP contribution in [0.15, 0.2) is 6.07 Å². The molecule has 20 heavy (non-hydrogen) atoms. The molecule has 1 rings (SSSR count). The monoisotopic (exact) mass is 293 g/mol. The molecule has 0 amide bonds. The molecule has 0 bridgehead atoms. The number of hydrogen-bond donors (Lipinski definition) is 3. The van der Waals surface area contributed by atoms with Crippen LogP contribution in [-0.2, 0) is 10.9 Å². The normalized spacial score (nSPS) is 13.1. The van der Waals surface area contributed by atoms with Gasteiger partial charge in [0.1, 0.15) is 11.6 Å². The molecule has 0 spiro atoms. The van der Waals surface area contributed by atoms with E-state index in [4.69, 9.17) is 10.6 Å². The third-order valence-electron chi connectivity index (χ3n) is 2.48. The second-order valence-electron chi connectivity index (χ2n) is 4.19. The topological polar surface area (TPSA) is 85.1 Å². The van der Waals surface area contributed by atoms with Crippen molar-refractivity contribution in [1.82, 2.24) is 9.97 Å². The van der Waals surface area contributed by atoms with E-state index >= 15 is 0 Å². The van der Waals surface area contributed by atoms with Crippen molar-refractivity contribution in [1.29, 1.82) is 0 Å². The number of halogens is 3. The maximum absolute atomic E-state index is 12.7. The number of nitrogens with zero attached hydrogens (tertiary/aromatic N) is 2. The van der Waals surface area contributed by atoms with E-state index in [-0.39, 0.29) is 17.7 Å². The quantitative estimate of drug-likeness (QED) is 0.527. The summed E-state index contributed by atoms with van der Waals surface area (Å²) in [6.45, 7) is 2.34. The molecular weight excluding hydrogens is 275 g/mol. The van der Waals surface area contributed by atoms with Crippen LogP contribution in [-0.4, -0.2) is 29.7 Å². The maximum Gasteiger partial charge on any atom is 0.451 e. The molecule has 0 aliphatic heterocycles. The Morgan fingerprint density at radius 1 is 1.35 bits per heavy atom. The summed E-state index contributed by atoms with van der Waals surface area (Å²) in [5.74, 6) is 3.81. The van der Waals surface area contributed by atoms with Gasteiger partial charge in [-0.15, -0.1) is 0 Å². The van der Waals surface area contributed by atoms with Gasteiger partial charge in [0.05, 0.1) is 12.6 Å². The summed E-state index contributed by atoms with van der Waals surface area (Å²) >= 11 is 0. The molecule has 1 unspecified atom stereocenters. The highest BCUT2D eigenvalue weighted by Gasteiger charge is 2.35. The summed E-state index contributed by atoms with van der Waals surface area (Å²) in [6.07, 6.45) is -3.03. The van der Waals surface area contributed by atoms with Crippen molar-refractivity contribution in [2.24, 2.45) is 5.84 Å². The lowest BCUT2D eigenvalue weighted by atomic mass is 10.2. The first-order valence-electron chi connectivity index (χ1n) is 6.09. The van der Waals surface area contributed by atoms with Crippen molar-refractivity contribution in [3.8, 4) is 0 Å². The fraction of sp³-hybridized carbons (Fsp3) is 0.636. The lowest BCUT2D eigenvalue weighted by Gasteiger charge is -2.19. The van der Waals surface area contributed by atoms with Gasteiger partial charge < -0.3 is 15.5 Å². The second kappa shape index (κ2) is 7.25. The number of rotatable bonds is 7. The smallest absolute Gasteiger partial charge is 0.383 e. The third-order valence-corrected chi connectivity index (χ3v) is 2.48. The molecule has 0 saturated heterocycles. The minimum absolute atomic E-state index is 0.0516. The number of hydrazine groups is 1. The van der Waals surface area contributed by atoms with Crippen molar-refractivity contribution in [2.45, 2.75) is 32.0 Å². The fourth-order valence-corrected chi connectivity index (χ4v) is 1.68. The van der Waals surface area contributed by atoms with Gasteiger partial charge in [-0.1, -0.05) is 13.3 Å². The number of nitrogen functional groups attached to an aromatic ring is 1. The highest BCUT2D eigenvalue weighted by molar-refractivity contribution is 5.47. The van der Waals surface area contributed by atoms with E-state index in [9.17, 15) is 13.2 Å². The van der Waals surface area contributed by atoms with Gasteiger partial charge in [-0.3, -0.25) is 0 Å². The predicted molar refractivity (Wildman–Crippen MR) is 69.0 cm³/mol. The Labute approximate surface area is 114 Å². The fourth-order valence-electron chi connectivity index (χ4n) is 1.68. The van der Waals surface area contributed by atoms with Gasteiger partial charge in [0.25, 0.3) is 0 Å². The van der Waals surface area contributed by atoms with E-state index in [1.807, 2.05) is 6.92 Å². The Balaban J connectivity index is 2.98. The molecule has 0 radical (unpaired) electrons. The van der Waals surface area contributed by atoms with E-state index in [0.717, 1.165) is 12.8 Å².